The normalized spacial score (nSPS) is 10.2. The van der Waals surface area contributed by atoms with Gasteiger partial charge in [0.15, 0.2) is 0 Å². The molecule has 7 heteroatoms. The molecule has 0 spiro atoms. The Hall–Kier alpha value is -3.45. The zero-order valence-electron chi connectivity index (χ0n) is 14.4. The van der Waals surface area contributed by atoms with Gasteiger partial charge in [0.1, 0.15) is 0 Å². The number of carboxylic acids is 1. The largest absolute Gasteiger partial charge is 0.545 e. The molecule has 140 valence electrons. The highest BCUT2D eigenvalue weighted by molar-refractivity contribution is 9.10. The summed E-state index contributed by atoms with van der Waals surface area (Å²) in [5.41, 5.74) is 1.37. The van der Waals surface area contributed by atoms with Crippen molar-refractivity contribution < 1.29 is 19.5 Å². The molecule has 0 aliphatic carbocycles. The van der Waals surface area contributed by atoms with Crippen molar-refractivity contribution >= 4 is 45.1 Å². The molecule has 0 aliphatic heterocycles. The van der Waals surface area contributed by atoms with Crippen LogP contribution in [0.15, 0.2) is 77.3 Å². The van der Waals surface area contributed by atoms with Gasteiger partial charge in [0.25, 0.3) is 11.8 Å². The van der Waals surface area contributed by atoms with Crippen molar-refractivity contribution in [2.75, 3.05) is 10.6 Å². The summed E-state index contributed by atoms with van der Waals surface area (Å²) in [5.74, 6) is -2.13. The van der Waals surface area contributed by atoms with E-state index in [0.29, 0.717) is 21.3 Å². The topological polar surface area (TPSA) is 98.3 Å². The van der Waals surface area contributed by atoms with E-state index >= 15 is 0 Å². The number of anilines is 2. The molecule has 3 aromatic rings. The predicted molar refractivity (Wildman–Crippen MR) is 107 cm³/mol. The van der Waals surface area contributed by atoms with Gasteiger partial charge in [0, 0.05) is 21.3 Å². The van der Waals surface area contributed by atoms with Crippen LogP contribution >= 0.6 is 15.9 Å². The quantitative estimate of drug-likeness (QED) is 0.639. The second-order valence-electron chi connectivity index (χ2n) is 5.80. The van der Waals surface area contributed by atoms with Crippen LogP contribution in [-0.2, 0) is 0 Å². The second kappa shape index (κ2) is 8.49. The van der Waals surface area contributed by atoms with Crippen LogP contribution in [0.3, 0.4) is 0 Å². The summed E-state index contributed by atoms with van der Waals surface area (Å²) < 4.78 is 0.676. The molecule has 2 amide bonds. The van der Waals surface area contributed by atoms with Crippen LogP contribution in [0.2, 0.25) is 0 Å². The molecule has 3 rings (SSSR count). The van der Waals surface area contributed by atoms with Crippen LogP contribution in [-0.4, -0.2) is 17.8 Å². The van der Waals surface area contributed by atoms with Gasteiger partial charge in [0.2, 0.25) is 0 Å². The van der Waals surface area contributed by atoms with E-state index < -0.39 is 11.9 Å². The fourth-order valence-electron chi connectivity index (χ4n) is 2.51. The highest BCUT2D eigenvalue weighted by atomic mass is 79.9. The maximum Gasteiger partial charge on any atom is 0.256 e. The van der Waals surface area contributed by atoms with Gasteiger partial charge >= 0.3 is 0 Å². The minimum atomic E-state index is -1.37. The summed E-state index contributed by atoms with van der Waals surface area (Å²) >= 11 is 3.33. The molecule has 0 fully saturated rings. The smallest absolute Gasteiger partial charge is 0.256 e. The molecule has 0 unspecified atom stereocenters. The van der Waals surface area contributed by atoms with Gasteiger partial charge in [-0.1, -0.05) is 30.3 Å². The number of aromatic carboxylic acids is 1. The Labute approximate surface area is 169 Å². The first-order chi connectivity index (χ1) is 13.5. The third-order valence-electron chi connectivity index (χ3n) is 3.92. The lowest BCUT2D eigenvalue weighted by atomic mass is 10.1. The van der Waals surface area contributed by atoms with Gasteiger partial charge in [-0.15, -0.1) is 0 Å². The van der Waals surface area contributed by atoms with Crippen molar-refractivity contribution in [1.29, 1.82) is 0 Å². The summed E-state index contributed by atoms with van der Waals surface area (Å²) in [6.45, 7) is 0. The number of carboxylic acid groups (broad SMARTS) is 1. The Balaban J connectivity index is 1.71. The van der Waals surface area contributed by atoms with Crippen LogP contribution in [0.5, 0.6) is 0 Å². The number of para-hydroxylation sites is 1. The zero-order valence-corrected chi connectivity index (χ0v) is 16.0. The number of carbonyl (C=O) groups is 3. The molecule has 0 aromatic heterocycles. The Morgan fingerprint density at radius 3 is 1.96 bits per heavy atom. The third-order valence-corrected chi connectivity index (χ3v) is 4.61. The van der Waals surface area contributed by atoms with Crippen molar-refractivity contribution in [2.45, 2.75) is 0 Å². The van der Waals surface area contributed by atoms with E-state index in [1.54, 1.807) is 42.5 Å². The highest BCUT2D eigenvalue weighted by Gasteiger charge is 2.12. The van der Waals surface area contributed by atoms with E-state index in [4.69, 9.17) is 0 Å². The maximum atomic E-state index is 12.4. The van der Waals surface area contributed by atoms with Crippen LogP contribution < -0.4 is 15.7 Å². The summed E-state index contributed by atoms with van der Waals surface area (Å²) in [5, 5.41) is 16.4. The van der Waals surface area contributed by atoms with E-state index in [-0.39, 0.29) is 17.2 Å². The van der Waals surface area contributed by atoms with Crippen LogP contribution in [0.25, 0.3) is 0 Å². The van der Waals surface area contributed by atoms with Gasteiger partial charge in [-0.25, -0.2) is 0 Å². The van der Waals surface area contributed by atoms with Crippen molar-refractivity contribution in [1.82, 2.24) is 0 Å². The summed E-state index contributed by atoms with van der Waals surface area (Å²) in [4.78, 5) is 35.8. The maximum absolute atomic E-state index is 12.4. The standard InChI is InChI=1S/C21H15BrN2O4/c22-17-7-3-1-5-15(17)20(26)23-14-11-9-13(10-12-14)19(25)24-18-8-4-2-6-16(18)21(27)28/h1-12H,(H,23,26)(H,24,25)(H,27,28)/p-1. The Morgan fingerprint density at radius 1 is 0.714 bits per heavy atom. The first kappa shape index (κ1) is 19.3. The summed E-state index contributed by atoms with van der Waals surface area (Å²) in [7, 11) is 0. The zero-order chi connectivity index (χ0) is 20.1. The average Bonchev–Trinajstić information content (AvgIpc) is 2.69. The van der Waals surface area contributed by atoms with Gasteiger partial charge in [-0.3, -0.25) is 9.59 Å². The average molecular weight is 438 g/mol. The Kier molecular flexibility index (Phi) is 5.86. The molecule has 0 aliphatic rings. The van der Waals surface area contributed by atoms with E-state index in [2.05, 4.69) is 26.6 Å². The molecule has 6 nitrogen and oxygen atoms in total. The molecule has 0 bridgehead atoms. The summed E-state index contributed by atoms with van der Waals surface area (Å²) in [6, 6.07) is 19.3. The van der Waals surface area contributed by atoms with E-state index in [1.165, 1.54) is 24.3 Å². The van der Waals surface area contributed by atoms with Crippen molar-refractivity contribution in [2.24, 2.45) is 0 Å². The number of hydrogen-bond acceptors (Lipinski definition) is 4. The molecular weight excluding hydrogens is 424 g/mol. The minimum absolute atomic E-state index is 0.104. The van der Waals surface area contributed by atoms with Crippen molar-refractivity contribution in [3.8, 4) is 0 Å². The van der Waals surface area contributed by atoms with Crippen LogP contribution in [0.1, 0.15) is 31.1 Å². The van der Waals surface area contributed by atoms with Crippen molar-refractivity contribution in [3.05, 3.63) is 94.0 Å². The molecule has 0 saturated heterocycles. The monoisotopic (exact) mass is 437 g/mol. The lowest BCUT2D eigenvalue weighted by Gasteiger charge is -2.12. The number of carbonyl (C=O) groups excluding carboxylic acids is 3. The molecule has 0 saturated carbocycles. The molecule has 28 heavy (non-hydrogen) atoms. The SMILES string of the molecule is O=C(Nc1ccccc1C(=O)[O-])c1ccc(NC(=O)c2ccccc2Br)cc1. The third kappa shape index (κ3) is 4.44. The van der Waals surface area contributed by atoms with Crippen LogP contribution in [0, 0.1) is 0 Å². The number of rotatable bonds is 5. The van der Waals surface area contributed by atoms with Crippen LogP contribution in [0.4, 0.5) is 11.4 Å². The van der Waals surface area contributed by atoms with E-state index in [9.17, 15) is 19.5 Å². The Bertz CT molecular complexity index is 1050. The fourth-order valence-corrected chi connectivity index (χ4v) is 2.98. The van der Waals surface area contributed by atoms with E-state index in [0.717, 1.165) is 0 Å². The van der Waals surface area contributed by atoms with Gasteiger partial charge in [-0.05, 0) is 58.4 Å². The number of hydrogen-bond donors (Lipinski definition) is 2. The second-order valence-corrected chi connectivity index (χ2v) is 6.65. The fraction of sp³-hybridized carbons (Fsp3) is 0. The lowest BCUT2D eigenvalue weighted by Crippen LogP contribution is -2.24. The molecule has 0 atom stereocenters. The number of benzene rings is 3. The highest BCUT2D eigenvalue weighted by Crippen LogP contribution is 2.19. The predicted octanol–water partition coefficient (Wildman–Crippen LogP) is 3.32. The molecule has 2 N–H and O–H groups in total. The first-order valence-corrected chi connectivity index (χ1v) is 9.02. The minimum Gasteiger partial charge on any atom is -0.545 e. The number of amides is 2. The molecule has 3 aromatic carbocycles. The lowest BCUT2D eigenvalue weighted by molar-refractivity contribution is -0.254. The van der Waals surface area contributed by atoms with Gasteiger partial charge < -0.3 is 20.5 Å². The Morgan fingerprint density at radius 2 is 1.32 bits per heavy atom. The molecular formula is C21H14BrN2O4-. The van der Waals surface area contributed by atoms with Gasteiger partial charge in [0.05, 0.1) is 17.2 Å². The number of nitrogens with one attached hydrogen (secondary N) is 2. The van der Waals surface area contributed by atoms with Gasteiger partial charge in [-0.2, -0.15) is 0 Å². The molecule has 0 radical (unpaired) electrons. The van der Waals surface area contributed by atoms with E-state index in [1.807, 2.05) is 6.07 Å². The number of halogens is 1. The summed E-state index contributed by atoms with van der Waals surface area (Å²) in [6.07, 6.45) is 0. The first-order valence-electron chi connectivity index (χ1n) is 8.23. The molecule has 0 heterocycles. The van der Waals surface area contributed by atoms with Crippen molar-refractivity contribution in [3.63, 3.8) is 0 Å².